The van der Waals surface area contributed by atoms with E-state index in [1.807, 2.05) is 20.8 Å². The highest BCUT2D eigenvalue weighted by Crippen LogP contribution is 2.38. The number of hydrogen-bond acceptors (Lipinski definition) is 7. The van der Waals surface area contributed by atoms with Crippen LogP contribution in [0.2, 0.25) is 10.0 Å². The van der Waals surface area contributed by atoms with Crippen LogP contribution in [0.15, 0.2) is 24.5 Å². The molecule has 0 atom stereocenters. The Morgan fingerprint density at radius 2 is 1.97 bits per heavy atom. The molecule has 0 saturated carbocycles. The number of halogens is 3. The van der Waals surface area contributed by atoms with Crippen molar-refractivity contribution in [1.82, 2.24) is 19.9 Å². The zero-order chi connectivity index (χ0) is 25.5. The predicted molar refractivity (Wildman–Crippen MR) is 133 cm³/mol. The number of amides is 1. The topological polar surface area (TPSA) is 89.5 Å². The fraction of sp³-hybridized carbons (Fsp3) is 0.417. The Kier molecular flexibility index (Phi) is 6.68. The van der Waals surface area contributed by atoms with Gasteiger partial charge >= 0.3 is 6.09 Å². The SMILES string of the molecule is COc1cc2ncnc(Nc3ccc(Cl)c(Cl)c3F)c2nc1CC1(C)CN(C(=O)OC(C)(C)C)C1. The molecule has 0 radical (unpaired) electrons. The second-order valence-electron chi connectivity index (χ2n) is 9.90. The largest absolute Gasteiger partial charge is 0.495 e. The molecule has 4 rings (SSSR count). The molecule has 1 aromatic carbocycles. The van der Waals surface area contributed by atoms with Crippen LogP contribution in [0.4, 0.5) is 20.7 Å². The number of likely N-dealkylation sites (tertiary alicyclic amines) is 1. The van der Waals surface area contributed by atoms with Crippen molar-refractivity contribution in [2.24, 2.45) is 5.41 Å². The highest BCUT2D eigenvalue weighted by atomic mass is 35.5. The molecule has 1 amide bonds. The number of aromatic nitrogens is 3. The third-order valence-corrected chi connectivity index (χ3v) is 6.33. The Bertz CT molecular complexity index is 1290. The monoisotopic (exact) mass is 521 g/mol. The van der Waals surface area contributed by atoms with Crippen molar-refractivity contribution in [3.63, 3.8) is 0 Å². The highest BCUT2D eigenvalue weighted by Gasteiger charge is 2.43. The van der Waals surface area contributed by atoms with Crippen molar-refractivity contribution in [3.05, 3.63) is 46.1 Å². The first-order chi connectivity index (χ1) is 16.4. The summed E-state index contributed by atoms with van der Waals surface area (Å²) >= 11 is 11.8. The number of fused-ring (bicyclic) bond motifs is 1. The third kappa shape index (κ3) is 5.36. The predicted octanol–water partition coefficient (Wildman–Crippen LogP) is 6.02. The number of anilines is 2. The van der Waals surface area contributed by atoms with Crippen LogP contribution in [-0.4, -0.2) is 51.7 Å². The number of hydrogen-bond donors (Lipinski definition) is 1. The van der Waals surface area contributed by atoms with Crippen LogP contribution in [0.25, 0.3) is 11.0 Å². The maximum absolute atomic E-state index is 14.6. The number of benzene rings is 1. The van der Waals surface area contributed by atoms with Crippen LogP contribution < -0.4 is 10.1 Å². The minimum atomic E-state index is -0.691. The van der Waals surface area contributed by atoms with Gasteiger partial charge < -0.3 is 19.7 Å². The molecule has 11 heteroatoms. The minimum absolute atomic E-state index is 0.109. The molecule has 35 heavy (non-hydrogen) atoms. The van der Waals surface area contributed by atoms with Gasteiger partial charge in [0.05, 0.1) is 34.1 Å². The first kappa shape index (κ1) is 25.2. The maximum atomic E-state index is 14.6. The van der Waals surface area contributed by atoms with Gasteiger partial charge in [0.2, 0.25) is 0 Å². The first-order valence-corrected chi connectivity index (χ1v) is 11.7. The van der Waals surface area contributed by atoms with Crippen LogP contribution in [0.1, 0.15) is 33.4 Å². The minimum Gasteiger partial charge on any atom is -0.495 e. The quantitative estimate of drug-likeness (QED) is 0.410. The van der Waals surface area contributed by atoms with E-state index < -0.39 is 11.4 Å². The summed E-state index contributed by atoms with van der Waals surface area (Å²) in [5.41, 5.74) is 0.988. The van der Waals surface area contributed by atoms with Gasteiger partial charge in [-0.3, -0.25) is 0 Å². The zero-order valence-electron chi connectivity index (χ0n) is 20.1. The van der Waals surface area contributed by atoms with Gasteiger partial charge in [0.15, 0.2) is 11.6 Å². The van der Waals surface area contributed by atoms with E-state index in [1.165, 1.54) is 18.5 Å². The van der Waals surface area contributed by atoms with Gasteiger partial charge in [0.1, 0.15) is 23.2 Å². The molecule has 1 aliphatic heterocycles. The lowest BCUT2D eigenvalue weighted by atomic mass is 9.78. The molecule has 3 heterocycles. The van der Waals surface area contributed by atoms with Crippen molar-refractivity contribution in [3.8, 4) is 5.75 Å². The normalized spacial score (nSPS) is 15.0. The number of carbonyl (C=O) groups is 1. The number of pyridine rings is 1. The number of carbonyl (C=O) groups excluding carboxylic acids is 1. The Labute approximate surface area is 212 Å². The molecule has 3 aromatic rings. The Hall–Kier alpha value is -2.91. The van der Waals surface area contributed by atoms with Crippen molar-refractivity contribution in [2.75, 3.05) is 25.5 Å². The Balaban J connectivity index is 1.61. The number of nitrogens with one attached hydrogen (secondary N) is 1. The first-order valence-electron chi connectivity index (χ1n) is 11.0. The molecule has 1 fully saturated rings. The summed E-state index contributed by atoms with van der Waals surface area (Å²) in [5.74, 6) is 0.189. The lowest BCUT2D eigenvalue weighted by Gasteiger charge is -2.48. The summed E-state index contributed by atoms with van der Waals surface area (Å²) in [6.07, 6.45) is 1.56. The van der Waals surface area contributed by atoms with Gasteiger partial charge in [-0.25, -0.2) is 24.1 Å². The summed E-state index contributed by atoms with van der Waals surface area (Å²) in [5, 5.41) is 2.87. The maximum Gasteiger partial charge on any atom is 0.410 e. The average Bonchev–Trinajstić information content (AvgIpc) is 2.76. The highest BCUT2D eigenvalue weighted by molar-refractivity contribution is 6.42. The standard InChI is InChI=1S/C24H26Cl2FN5O3/c1-23(2,3)35-22(33)32-10-24(4,11-32)9-16-17(34-5)8-15-20(30-16)21(29-12-28-15)31-14-7-6-13(25)18(26)19(14)27/h6-8,12H,9-11H2,1-5H3,(H,28,29,31). The van der Waals surface area contributed by atoms with E-state index in [9.17, 15) is 9.18 Å². The molecule has 1 N–H and O–H groups in total. The average molecular weight is 522 g/mol. The lowest BCUT2D eigenvalue weighted by molar-refractivity contribution is -0.0280. The molecule has 186 valence electrons. The van der Waals surface area contributed by atoms with Crippen LogP contribution in [0.5, 0.6) is 5.75 Å². The van der Waals surface area contributed by atoms with Gasteiger partial charge in [0.25, 0.3) is 0 Å². The van der Waals surface area contributed by atoms with Crippen LogP contribution >= 0.6 is 23.2 Å². The number of methoxy groups -OCH3 is 1. The number of ether oxygens (including phenoxy) is 2. The molecule has 0 bridgehead atoms. The van der Waals surface area contributed by atoms with E-state index in [0.29, 0.717) is 47.8 Å². The fourth-order valence-electron chi connectivity index (χ4n) is 4.00. The summed E-state index contributed by atoms with van der Waals surface area (Å²) in [4.78, 5) is 27.3. The van der Waals surface area contributed by atoms with E-state index in [1.54, 1.807) is 18.1 Å². The lowest BCUT2D eigenvalue weighted by Crippen LogP contribution is -2.58. The van der Waals surface area contributed by atoms with E-state index >= 15 is 0 Å². The van der Waals surface area contributed by atoms with Gasteiger partial charge in [0, 0.05) is 31.0 Å². The molecule has 0 unspecified atom stereocenters. The smallest absolute Gasteiger partial charge is 0.410 e. The van der Waals surface area contributed by atoms with Crippen LogP contribution in [0, 0.1) is 11.2 Å². The number of rotatable bonds is 5. The zero-order valence-corrected chi connectivity index (χ0v) is 21.6. The van der Waals surface area contributed by atoms with Crippen molar-refractivity contribution in [1.29, 1.82) is 0 Å². The Morgan fingerprint density at radius 3 is 2.63 bits per heavy atom. The van der Waals surface area contributed by atoms with E-state index in [2.05, 4.69) is 22.2 Å². The van der Waals surface area contributed by atoms with Crippen molar-refractivity contribution >= 4 is 51.8 Å². The number of nitrogens with zero attached hydrogens (tertiary/aromatic N) is 4. The van der Waals surface area contributed by atoms with Gasteiger partial charge in [-0.2, -0.15) is 0 Å². The molecule has 2 aromatic heterocycles. The van der Waals surface area contributed by atoms with Crippen molar-refractivity contribution in [2.45, 2.75) is 39.7 Å². The van der Waals surface area contributed by atoms with Crippen LogP contribution in [-0.2, 0) is 11.2 Å². The summed E-state index contributed by atoms with van der Waals surface area (Å²) < 4.78 is 25.7. The molecule has 0 spiro atoms. The second kappa shape index (κ2) is 9.28. The summed E-state index contributed by atoms with van der Waals surface area (Å²) in [7, 11) is 1.56. The van der Waals surface area contributed by atoms with E-state index in [0.717, 1.165) is 0 Å². The van der Waals surface area contributed by atoms with E-state index in [-0.39, 0.29) is 27.2 Å². The molecular weight excluding hydrogens is 496 g/mol. The molecular formula is C24H26Cl2FN5O3. The van der Waals surface area contributed by atoms with Gasteiger partial charge in [-0.05, 0) is 32.9 Å². The molecule has 0 aliphatic carbocycles. The van der Waals surface area contributed by atoms with Crippen LogP contribution in [0.3, 0.4) is 0 Å². The Morgan fingerprint density at radius 1 is 1.26 bits per heavy atom. The molecule has 1 aliphatic rings. The molecule has 1 saturated heterocycles. The van der Waals surface area contributed by atoms with Gasteiger partial charge in [-0.15, -0.1) is 0 Å². The van der Waals surface area contributed by atoms with Gasteiger partial charge in [-0.1, -0.05) is 30.1 Å². The van der Waals surface area contributed by atoms with Crippen molar-refractivity contribution < 1.29 is 18.7 Å². The summed E-state index contributed by atoms with van der Waals surface area (Å²) in [6.45, 7) is 8.64. The van der Waals surface area contributed by atoms with E-state index in [4.69, 9.17) is 37.7 Å². The second-order valence-corrected chi connectivity index (χ2v) is 10.7. The summed E-state index contributed by atoms with van der Waals surface area (Å²) in [6, 6.07) is 4.74. The fourth-order valence-corrected chi connectivity index (χ4v) is 4.31. The third-order valence-electron chi connectivity index (χ3n) is 5.55. The molecule has 8 nitrogen and oxygen atoms in total.